The predicted molar refractivity (Wildman–Crippen MR) is 93.3 cm³/mol. The summed E-state index contributed by atoms with van der Waals surface area (Å²) in [6.07, 6.45) is 1.02. The second-order valence-electron chi connectivity index (χ2n) is 4.79. The molecule has 4 heteroatoms. The van der Waals surface area contributed by atoms with Crippen LogP contribution in [0.2, 0.25) is 0 Å². The summed E-state index contributed by atoms with van der Waals surface area (Å²) >= 11 is 0. The standard InChI is InChI=1S/C18H23NO2.ClH/c1-3-21-18-16(10-7-11-17(18)20-2)14-19-13-12-15-8-5-4-6-9-15;/h4-11,19H,3,12-14H2,1-2H3;1H. The van der Waals surface area contributed by atoms with Gasteiger partial charge in [-0.2, -0.15) is 0 Å². The molecule has 0 spiro atoms. The molecule has 0 saturated heterocycles. The maximum atomic E-state index is 5.71. The molecule has 0 fully saturated rings. The van der Waals surface area contributed by atoms with E-state index in [0.717, 1.165) is 36.6 Å². The van der Waals surface area contributed by atoms with Gasteiger partial charge in [0.15, 0.2) is 11.5 Å². The van der Waals surface area contributed by atoms with Gasteiger partial charge < -0.3 is 14.8 Å². The van der Waals surface area contributed by atoms with Crippen LogP contribution in [0.5, 0.6) is 11.5 Å². The average molecular weight is 322 g/mol. The molecule has 0 atom stereocenters. The second kappa shape index (κ2) is 10.1. The summed E-state index contributed by atoms with van der Waals surface area (Å²) in [6, 6.07) is 16.5. The van der Waals surface area contributed by atoms with Crippen molar-refractivity contribution in [2.24, 2.45) is 0 Å². The van der Waals surface area contributed by atoms with Gasteiger partial charge in [-0.3, -0.25) is 0 Å². The summed E-state index contributed by atoms with van der Waals surface area (Å²) in [5.41, 5.74) is 2.48. The first-order chi connectivity index (χ1) is 10.3. The monoisotopic (exact) mass is 321 g/mol. The third-order valence-electron chi connectivity index (χ3n) is 3.32. The van der Waals surface area contributed by atoms with E-state index in [4.69, 9.17) is 9.47 Å². The summed E-state index contributed by atoms with van der Waals surface area (Å²) in [4.78, 5) is 0. The van der Waals surface area contributed by atoms with Crippen LogP contribution in [0.25, 0.3) is 0 Å². The van der Waals surface area contributed by atoms with E-state index in [9.17, 15) is 0 Å². The van der Waals surface area contributed by atoms with Crippen molar-refractivity contribution < 1.29 is 9.47 Å². The number of methoxy groups -OCH3 is 1. The van der Waals surface area contributed by atoms with Crippen LogP contribution in [0.3, 0.4) is 0 Å². The van der Waals surface area contributed by atoms with Crippen molar-refractivity contribution in [2.45, 2.75) is 19.9 Å². The maximum absolute atomic E-state index is 5.71. The quantitative estimate of drug-likeness (QED) is 0.749. The van der Waals surface area contributed by atoms with Gasteiger partial charge in [0.1, 0.15) is 0 Å². The van der Waals surface area contributed by atoms with Crippen LogP contribution < -0.4 is 14.8 Å². The molecule has 22 heavy (non-hydrogen) atoms. The highest BCUT2D eigenvalue weighted by Gasteiger charge is 2.09. The molecule has 0 aliphatic rings. The Bertz CT molecular complexity index is 546. The van der Waals surface area contributed by atoms with Gasteiger partial charge in [-0.25, -0.2) is 0 Å². The molecule has 0 aliphatic carbocycles. The minimum absolute atomic E-state index is 0. The molecule has 0 radical (unpaired) electrons. The molecule has 0 aliphatic heterocycles. The van der Waals surface area contributed by atoms with Crippen LogP contribution in [0.1, 0.15) is 18.1 Å². The Labute approximate surface area is 139 Å². The summed E-state index contributed by atoms with van der Waals surface area (Å²) < 4.78 is 11.1. The van der Waals surface area contributed by atoms with E-state index < -0.39 is 0 Å². The Balaban J connectivity index is 0.00000242. The fourth-order valence-corrected chi connectivity index (χ4v) is 2.27. The zero-order valence-corrected chi connectivity index (χ0v) is 14.0. The van der Waals surface area contributed by atoms with E-state index in [2.05, 4.69) is 35.6 Å². The molecule has 120 valence electrons. The molecule has 0 saturated carbocycles. The van der Waals surface area contributed by atoms with E-state index in [-0.39, 0.29) is 12.4 Å². The number of nitrogens with one attached hydrogen (secondary N) is 1. The van der Waals surface area contributed by atoms with Crippen LogP contribution in [-0.2, 0) is 13.0 Å². The van der Waals surface area contributed by atoms with Crippen molar-refractivity contribution in [3.8, 4) is 11.5 Å². The van der Waals surface area contributed by atoms with Gasteiger partial charge >= 0.3 is 0 Å². The lowest BCUT2D eigenvalue weighted by Crippen LogP contribution is -2.17. The summed E-state index contributed by atoms with van der Waals surface area (Å²) in [5.74, 6) is 1.63. The average Bonchev–Trinajstić information content (AvgIpc) is 2.54. The summed E-state index contributed by atoms with van der Waals surface area (Å²) in [5, 5.41) is 3.46. The van der Waals surface area contributed by atoms with Crippen molar-refractivity contribution in [3.05, 3.63) is 59.7 Å². The molecular formula is C18H24ClNO2. The van der Waals surface area contributed by atoms with E-state index in [1.165, 1.54) is 5.56 Å². The fraction of sp³-hybridized carbons (Fsp3) is 0.333. The van der Waals surface area contributed by atoms with Crippen molar-refractivity contribution >= 4 is 12.4 Å². The lowest BCUT2D eigenvalue weighted by Gasteiger charge is -2.14. The maximum Gasteiger partial charge on any atom is 0.165 e. The zero-order valence-electron chi connectivity index (χ0n) is 13.2. The predicted octanol–water partition coefficient (Wildman–Crippen LogP) is 3.85. The first-order valence-electron chi connectivity index (χ1n) is 7.38. The smallest absolute Gasteiger partial charge is 0.165 e. The van der Waals surface area contributed by atoms with Gasteiger partial charge in [0.25, 0.3) is 0 Å². The number of hydrogen-bond acceptors (Lipinski definition) is 3. The van der Waals surface area contributed by atoms with Crippen LogP contribution in [0, 0.1) is 0 Å². The minimum atomic E-state index is 0. The number of ether oxygens (including phenoxy) is 2. The Morgan fingerprint density at radius 3 is 2.45 bits per heavy atom. The molecule has 0 aromatic heterocycles. The van der Waals surface area contributed by atoms with Gasteiger partial charge in [0, 0.05) is 12.1 Å². The van der Waals surface area contributed by atoms with Gasteiger partial charge in [0.2, 0.25) is 0 Å². The highest BCUT2D eigenvalue weighted by atomic mass is 35.5. The lowest BCUT2D eigenvalue weighted by molar-refractivity contribution is 0.307. The molecule has 2 rings (SSSR count). The van der Waals surface area contributed by atoms with Crippen LogP contribution >= 0.6 is 12.4 Å². The van der Waals surface area contributed by atoms with E-state index in [1.54, 1.807) is 7.11 Å². The molecule has 0 amide bonds. The lowest BCUT2D eigenvalue weighted by atomic mass is 10.1. The number of halogens is 1. The molecule has 2 aromatic carbocycles. The van der Waals surface area contributed by atoms with Crippen molar-refractivity contribution in [1.29, 1.82) is 0 Å². The van der Waals surface area contributed by atoms with Crippen molar-refractivity contribution in [2.75, 3.05) is 20.3 Å². The SMILES string of the molecule is CCOc1c(CNCCc2ccccc2)cccc1OC.Cl. The van der Waals surface area contributed by atoms with Gasteiger partial charge in [-0.1, -0.05) is 42.5 Å². The van der Waals surface area contributed by atoms with Crippen LogP contribution in [-0.4, -0.2) is 20.3 Å². The highest BCUT2D eigenvalue weighted by molar-refractivity contribution is 5.85. The van der Waals surface area contributed by atoms with Crippen LogP contribution in [0.15, 0.2) is 48.5 Å². The van der Waals surface area contributed by atoms with E-state index >= 15 is 0 Å². The Morgan fingerprint density at radius 1 is 1.00 bits per heavy atom. The molecular weight excluding hydrogens is 298 g/mol. The Kier molecular flexibility index (Phi) is 8.41. The van der Waals surface area contributed by atoms with E-state index in [0.29, 0.717) is 6.61 Å². The number of hydrogen-bond donors (Lipinski definition) is 1. The molecule has 0 heterocycles. The molecule has 1 N–H and O–H groups in total. The normalized spacial score (nSPS) is 9.91. The summed E-state index contributed by atoms with van der Waals surface area (Å²) in [6.45, 7) is 4.34. The van der Waals surface area contributed by atoms with Crippen molar-refractivity contribution in [1.82, 2.24) is 5.32 Å². The van der Waals surface area contributed by atoms with E-state index in [1.807, 2.05) is 25.1 Å². The molecule has 0 unspecified atom stereocenters. The first kappa shape index (κ1) is 18.3. The zero-order chi connectivity index (χ0) is 14.9. The second-order valence-corrected chi connectivity index (χ2v) is 4.79. The van der Waals surface area contributed by atoms with Crippen molar-refractivity contribution in [3.63, 3.8) is 0 Å². The third kappa shape index (κ3) is 5.24. The van der Waals surface area contributed by atoms with Gasteiger partial charge in [-0.05, 0) is 31.5 Å². The number of rotatable bonds is 8. The van der Waals surface area contributed by atoms with Gasteiger partial charge in [0.05, 0.1) is 13.7 Å². The minimum Gasteiger partial charge on any atom is -0.493 e. The van der Waals surface area contributed by atoms with Crippen LogP contribution in [0.4, 0.5) is 0 Å². The third-order valence-corrected chi connectivity index (χ3v) is 3.32. The molecule has 3 nitrogen and oxygen atoms in total. The first-order valence-corrected chi connectivity index (χ1v) is 7.38. The highest BCUT2D eigenvalue weighted by Crippen LogP contribution is 2.30. The topological polar surface area (TPSA) is 30.5 Å². The number of benzene rings is 2. The molecule has 2 aromatic rings. The fourth-order valence-electron chi connectivity index (χ4n) is 2.27. The molecule has 0 bridgehead atoms. The Morgan fingerprint density at radius 2 is 1.77 bits per heavy atom. The Hall–Kier alpha value is -1.71. The number of para-hydroxylation sites is 1. The largest absolute Gasteiger partial charge is 0.493 e. The summed E-state index contributed by atoms with van der Waals surface area (Å²) in [7, 11) is 1.67. The van der Waals surface area contributed by atoms with Gasteiger partial charge in [-0.15, -0.1) is 12.4 Å².